The van der Waals surface area contributed by atoms with Crippen LogP contribution < -0.4 is 5.32 Å². The first-order chi connectivity index (χ1) is 10.7. The van der Waals surface area contributed by atoms with Gasteiger partial charge in [-0.15, -0.1) is 0 Å². The van der Waals surface area contributed by atoms with Crippen molar-refractivity contribution in [3.8, 4) is 11.1 Å². The molecule has 2 heterocycles. The number of hydrogen-bond donors (Lipinski definition) is 1. The molecule has 0 radical (unpaired) electrons. The van der Waals surface area contributed by atoms with Gasteiger partial charge in [0.2, 0.25) is 0 Å². The molecule has 0 unspecified atom stereocenters. The van der Waals surface area contributed by atoms with Crippen molar-refractivity contribution in [2.45, 2.75) is 20.0 Å². The minimum absolute atomic E-state index is 0.426. The molecule has 1 N–H and O–H groups in total. The van der Waals surface area contributed by atoms with Crippen LogP contribution in [0.1, 0.15) is 28.4 Å². The van der Waals surface area contributed by atoms with Gasteiger partial charge in [-0.25, -0.2) is 0 Å². The lowest BCUT2D eigenvalue weighted by molar-refractivity contribution is -0.112. The molecule has 0 spiro atoms. The van der Waals surface area contributed by atoms with Gasteiger partial charge < -0.3 is 5.32 Å². The SMILES string of the molecule is CCN1Cc2c(-c3ccccc3)cc3c(c2C1)NC(=O)C3=O. The zero-order chi connectivity index (χ0) is 15.3. The Hall–Kier alpha value is -2.46. The average Bonchev–Trinajstić information content (AvgIpc) is 3.10. The number of nitrogens with zero attached hydrogens (tertiary/aromatic N) is 1. The van der Waals surface area contributed by atoms with Gasteiger partial charge in [0.25, 0.3) is 11.7 Å². The van der Waals surface area contributed by atoms with Crippen LogP contribution in [0.5, 0.6) is 0 Å². The third-order valence-electron chi connectivity index (χ3n) is 4.53. The van der Waals surface area contributed by atoms with Gasteiger partial charge >= 0.3 is 0 Å². The van der Waals surface area contributed by atoms with Crippen LogP contribution in [0.4, 0.5) is 5.69 Å². The lowest BCUT2D eigenvalue weighted by Crippen LogP contribution is -2.15. The van der Waals surface area contributed by atoms with Crippen LogP contribution in [0, 0.1) is 0 Å². The molecular weight excluding hydrogens is 276 g/mol. The fourth-order valence-corrected chi connectivity index (χ4v) is 3.35. The lowest BCUT2D eigenvalue weighted by Gasteiger charge is -2.12. The lowest BCUT2D eigenvalue weighted by atomic mass is 9.92. The van der Waals surface area contributed by atoms with Crippen LogP contribution in [0.25, 0.3) is 11.1 Å². The van der Waals surface area contributed by atoms with Crippen LogP contribution in [-0.2, 0) is 17.9 Å². The van der Waals surface area contributed by atoms with E-state index in [0.29, 0.717) is 5.56 Å². The van der Waals surface area contributed by atoms with Crippen molar-refractivity contribution in [2.24, 2.45) is 0 Å². The van der Waals surface area contributed by atoms with Gasteiger partial charge in [-0.2, -0.15) is 0 Å². The summed E-state index contributed by atoms with van der Waals surface area (Å²) in [5, 5.41) is 2.76. The quantitative estimate of drug-likeness (QED) is 0.866. The van der Waals surface area contributed by atoms with Crippen molar-refractivity contribution in [2.75, 3.05) is 11.9 Å². The normalized spacial score (nSPS) is 16.6. The largest absolute Gasteiger partial charge is 0.318 e. The van der Waals surface area contributed by atoms with E-state index in [1.54, 1.807) is 0 Å². The summed E-state index contributed by atoms with van der Waals surface area (Å²) >= 11 is 0. The molecule has 0 aliphatic carbocycles. The smallest absolute Gasteiger partial charge is 0.296 e. The second-order valence-corrected chi connectivity index (χ2v) is 5.76. The maximum Gasteiger partial charge on any atom is 0.296 e. The number of fused-ring (bicyclic) bond motifs is 3. The molecular formula is C18H16N2O2. The molecule has 2 aromatic rings. The van der Waals surface area contributed by atoms with E-state index in [9.17, 15) is 9.59 Å². The Labute approximate surface area is 128 Å². The Bertz CT molecular complexity index is 796. The highest BCUT2D eigenvalue weighted by Gasteiger charge is 2.35. The van der Waals surface area contributed by atoms with Gasteiger partial charge in [0.15, 0.2) is 0 Å². The molecule has 4 heteroatoms. The number of carbonyl (C=O) groups excluding carboxylic acids is 2. The van der Waals surface area contributed by atoms with E-state index in [1.807, 2.05) is 36.4 Å². The molecule has 0 atom stereocenters. The minimum Gasteiger partial charge on any atom is -0.318 e. The standard InChI is InChI=1S/C18H16N2O2/c1-2-20-9-14-12(11-6-4-3-5-7-11)8-13-16(15(14)10-20)19-18(22)17(13)21/h3-8H,2,9-10H2,1H3,(H,19,21,22). The summed E-state index contributed by atoms with van der Waals surface area (Å²) in [7, 11) is 0. The first-order valence-corrected chi connectivity index (χ1v) is 7.51. The Morgan fingerprint density at radius 2 is 1.77 bits per heavy atom. The highest BCUT2D eigenvalue weighted by Crippen LogP contribution is 2.41. The number of rotatable bonds is 2. The summed E-state index contributed by atoms with van der Waals surface area (Å²) in [6.45, 7) is 4.70. The second kappa shape index (κ2) is 4.78. The third-order valence-corrected chi connectivity index (χ3v) is 4.53. The Morgan fingerprint density at radius 3 is 2.50 bits per heavy atom. The number of hydrogen-bond acceptors (Lipinski definition) is 3. The van der Waals surface area contributed by atoms with E-state index in [1.165, 1.54) is 5.56 Å². The van der Waals surface area contributed by atoms with Crippen molar-refractivity contribution in [3.63, 3.8) is 0 Å². The van der Waals surface area contributed by atoms with Gasteiger partial charge in [-0.3, -0.25) is 14.5 Å². The molecule has 1 amide bonds. The van der Waals surface area contributed by atoms with Gasteiger partial charge in [0.1, 0.15) is 0 Å². The van der Waals surface area contributed by atoms with E-state index >= 15 is 0 Å². The minimum atomic E-state index is -0.516. The second-order valence-electron chi connectivity index (χ2n) is 5.76. The molecule has 22 heavy (non-hydrogen) atoms. The molecule has 0 bridgehead atoms. The van der Waals surface area contributed by atoms with Crippen molar-refractivity contribution < 1.29 is 9.59 Å². The molecule has 2 aromatic carbocycles. The number of carbonyl (C=O) groups is 2. The zero-order valence-corrected chi connectivity index (χ0v) is 12.3. The topological polar surface area (TPSA) is 49.4 Å². The maximum atomic E-state index is 12.1. The predicted octanol–water partition coefficient (Wildman–Crippen LogP) is 2.82. The molecule has 0 aromatic heterocycles. The Morgan fingerprint density at radius 1 is 1.05 bits per heavy atom. The molecule has 2 aliphatic rings. The van der Waals surface area contributed by atoms with Crippen LogP contribution in [-0.4, -0.2) is 23.1 Å². The van der Waals surface area contributed by atoms with E-state index in [-0.39, 0.29) is 0 Å². The number of Topliss-reactive ketones (excluding diaryl/α,β-unsaturated/α-hetero) is 1. The molecule has 0 fully saturated rings. The number of amides is 1. The summed E-state index contributed by atoms with van der Waals surface area (Å²) in [6.07, 6.45) is 0. The van der Waals surface area contributed by atoms with Crippen LogP contribution >= 0.6 is 0 Å². The van der Waals surface area contributed by atoms with Crippen molar-refractivity contribution in [1.29, 1.82) is 0 Å². The first-order valence-electron chi connectivity index (χ1n) is 7.51. The Balaban J connectivity index is 1.96. The highest BCUT2D eigenvalue weighted by atomic mass is 16.2. The maximum absolute atomic E-state index is 12.1. The van der Waals surface area contributed by atoms with Gasteiger partial charge in [0, 0.05) is 13.1 Å². The summed E-state index contributed by atoms with van der Waals surface area (Å²) in [4.78, 5) is 26.2. The third kappa shape index (κ3) is 1.81. The van der Waals surface area contributed by atoms with Gasteiger partial charge in [0.05, 0.1) is 11.3 Å². The van der Waals surface area contributed by atoms with E-state index in [2.05, 4.69) is 17.1 Å². The van der Waals surface area contributed by atoms with Gasteiger partial charge in [-0.05, 0) is 34.9 Å². The number of benzene rings is 2. The van der Waals surface area contributed by atoms with Crippen molar-refractivity contribution in [3.05, 3.63) is 53.1 Å². The molecule has 4 nitrogen and oxygen atoms in total. The van der Waals surface area contributed by atoms with Crippen LogP contribution in [0.3, 0.4) is 0 Å². The molecule has 4 rings (SSSR count). The monoisotopic (exact) mass is 292 g/mol. The van der Waals surface area contributed by atoms with Gasteiger partial charge in [-0.1, -0.05) is 37.3 Å². The molecule has 0 saturated carbocycles. The number of nitrogens with one attached hydrogen (secondary N) is 1. The zero-order valence-electron chi connectivity index (χ0n) is 12.3. The van der Waals surface area contributed by atoms with E-state index in [0.717, 1.165) is 42.0 Å². The van der Waals surface area contributed by atoms with E-state index in [4.69, 9.17) is 0 Å². The predicted molar refractivity (Wildman–Crippen MR) is 84.6 cm³/mol. The van der Waals surface area contributed by atoms with Crippen molar-refractivity contribution in [1.82, 2.24) is 4.90 Å². The average molecular weight is 292 g/mol. The van der Waals surface area contributed by atoms with Crippen LogP contribution in [0.15, 0.2) is 36.4 Å². The molecule has 2 aliphatic heterocycles. The summed E-state index contributed by atoms with van der Waals surface area (Å²) in [6, 6.07) is 11.9. The van der Waals surface area contributed by atoms with Crippen molar-refractivity contribution >= 4 is 17.4 Å². The van der Waals surface area contributed by atoms with E-state index < -0.39 is 11.7 Å². The summed E-state index contributed by atoms with van der Waals surface area (Å²) in [5.74, 6) is -0.942. The number of ketones is 1. The molecule has 0 saturated heterocycles. The summed E-state index contributed by atoms with van der Waals surface area (Å²) in [5.41, 5.74) is 5.71. The first kappa shape index (κ1) is 13.2. The van der Waals surface area contributed by atoms with Crippen LogP contribution in [0.2, 0.25) is 0 Å². The Kier molecular flexibility index (Phi) is 2.87. The fraction of sp³-hybridized carbons (Fsp3) is 0.222. The molecule has 110 valence electrons. The highest BCUT2D eigenvalue weighted by molar-refractivity contribution is 6.52. The fourth-order valence-electron chi connectivity index (χ4n) is 3.35. The summed E-state index contributed by atoms with van der Waals surface area (Å²) < 4.78 is 0. The number of anilines is 1.